The number of ether oxygens (including phenoxy) is 2. The molecule has 0 radical (unpaired) electrons. The number of hydrogen-bond acceptors (Lipinski definition) is 6. The third-order valence-corrected chi connectivity index (χ3v) is 5.14. The number of carbonyl (C=O) groups is 2. The van der Waals surface area contributed by atoms with Crippen LogP contribution in [0.25, 0.3) is 0 Å². The van der Waals surface area contributed by atoms with Gasteiger partial charge in [-0.3, -0.25) is 9.59 Å². The Kier molecular flexibility index (Phi) is 4.47. The third kappa shape index (κ3) is 2.70. The maximum Gasteiger partial charge on any atom is 0.278 e. The minimum atomic E-state index is -1.02. The number of imide groups is 1. The Morgan fingerprint density at radius 1 is 1.07 bits per heavy atom. The van der Waals surface area contributed by atoms with Crippen molar-refractivity contribution in [3.05, 3.63) is 52.5 Å². The van der Waals surface area contributed by atoms with Crippen molar-refractivity contribution in [2.75, 3.05) is 19.1 Å². The lowest BCUT2D eigenvalue weighted by molar-refractivity contribution is -0.126. The monoisotopic (exact) mass is 400 g/mol. The number of rotatable bonds is 4. The van der Waals surface area contributed by atoms with Crippen molar-refractivity contribution in [2.24, 2.45) is 11.1 Å². The Morgan fingerprint density at radius 2 is 1.86 bits per heavy atom. The van der Waals surface area contributed by atoms with Crippen molar-refractivity contribution in [1.82, 2.24) is 0 Å². The van der Waals surface area contributed by atoms with Gasteiger partial charge in [0.2, 0.25) is 12.0 Å². The number of fused-ring (bicyclic) bond motifs is 1. The second kappa shape index (κ2) is 6.83. The van der Waals surface area contributed by atoms with E-state index in [1.54, 1.807) is 43.3 Å². The van der Waals surface area contributed by atoms with Crippen LogP contribution in [0.1, 0.15) is 11.1 Å². The van der Waals surface area contributed by atoms with E-state index in [1.807, 2.05) is 0 Å². The molecule has 0 spiro atoms. The van der Waals surface area contributed by atoms with Crippen molar-refractivity contribution >= 4 is 34.8 Å². The minimum absolute atomic E-state index is 0.335. The van der Waals surface area contributed by atoms with Gasteiger partial charge >= 0.3 is 0 Å². The molecular weight excluding hydrogens is 384 g/mol. The number of nitrogens with zero attached hydrogens (tertiary/aromatic N) is 2. The van der Waals surface area contributed by atoms with Crippen molar-refractivity contribution in [3.8, 4) is 11.5 Å². The Morgan fingerprint density at radius 3 is 2.57 bits per heavy atom. The van der Waals surface area contributed by atoms with Gasteiger partial charge in [-0.15, -0.1) is 0 Å². The lowest BCUT2D eigenvalue weighted by Gasteiger charge is -2.18. The molecule has 4 rings (SSSR count). The summed E-state index contributed by atoms with van der Waals surface area (Å²) in [5.41, 5.74) is 2.07. The maximum absolute atomic E-state index is 13.2. The number of aryl methyl sites for hydroxylation is 1. The standard InChI is InChI=1S/C20H17ClN2O5/c1-10-4-5-11(21)8-14(10)23-19(24)16-17(22-28-18(16)20(23)25)13-9-12(26-2)6-7-15(13)27-3/h4-9,16,18H,1-3H3. The number of carbonyl (C=O) groups excluding carboxylic acids is 2. The topological polar surface area (TPSA) is 77.4 Å². The van der Waals surface area contributed by atoms with Crippen molar-refractivity contribution in [1.29, 1.82) is 0 Å². The Hall–Kier alpha value is -3.06. The fraction of sp³-hybridized carbons (Fsp3) is 0.250. The van der Waals surface area contributed by atoms with Gasteiger partial charge in [0.05, 0.1) is 19.9 Å². The fourth-order valence-electron chi connectivity index (χ4n) is 3.48. The lowest BCUT2D eigenvalue weighted by atomic mass is 9.93. The van der Waals surface area contributed by atoms with E-state index in [0.717, 1.165) is 10.5 Å². The summed E-state index contributed by atoms with van der Waals surface area (Å²) >= 11 is 6.07. The summed E-state index contributed by atoms with van der Waals surface area (Å²) in [7, 11) is 3.05. The largest absolute Gasteiger partial charge is 0.497 e. The number of oxime groups is 1. The van der Waals surface area contributed by atoms with Crippen LogP contribution in [-0.2, 0) is 14.4 Å². The molecule has 0 bridgehead atoms. The average Bonchev–Trinajstić information content (AvgIpc) is 3.24. The minimum Gasteiger partial charge on any atom is -0.497 e. The highest BCUT2D eigenvalue weighted by Gasteiger charge is 2.56. The van der Waals surface area contributed by atoms with E-state index in [0.29, 0.717) is 33.5 Å². The van der Waals surface area contributed by atoms with Crippen LogP contribution in [0.5, 0.6) is 11.5 Å². The third-order valence-electron chi connectivity index (χ3n) is 4.91. The van der Waals surface area contributed by atoms with E-state index in [2.05, 4.69) is 5.16 Å². The van der Waals surface area contributed by atoms with E-state index >= 15 is 0 Å². The molecular formula is C20H17ClN2O5. The van der Waals surface area contributed by atoms with Gasteiger partial charge in [-0.1, -0.05) is 22.8 Å². The van der Waals surface area contributed by atoms with Crippen LogP contribution in [-0.4, -0.2) is 37.8 Å². The predicted octanol–water partition coefficient (Wildman–Crippen LogP) is 2.96. The second-order valence-electron chi connectivity index (χ2n) is 6.49. The molecule has 2 amide bonds. The first-order valence-electron chi connectivity index (χ1n) is 8.56. The molecule has 2 unspecified atom stereocenters. The first-order valence-corrected chi connectivity index (χ1v) is 8.94. The fourth-order valence-corrected chi connectivity index (χ4v) is 3.64. The lowest BCUT2D eigenvalue weighted by Crippen LogP contribution is -2.33. The number of hydrogen-bond donors (Lipinski definition) is 0. The number of anilines is 1. The molecule has 0 saturated carbocycles. The van der Waals surface area contributed by atoms with Crippen LogP contribution in [0.3, 0.4) is 0 Å². The Balaban J connectivity index is 1.77. The zero-order valence-electron chi connectivity index (χ0n) is 15.4. The molecule has 2 aromatic carbocycles. The number of methoxy groups -OCH3 is 2. The summed E-state index contributed by atoms with van der Waals surface area (Å²) in [4.78, 5) is 32.6. The Bertz CT molecular complexity index is 1020. The quantitative estimate of drug-likeness (QED) is 0.737. The van der Waals surface area contributed by atoms with Gasteiger partial charge < -0.3 is 14.3 Å². The smallest absolute Gasteiger partial charge is 0.278 e. The van der Waals surface area contributed by atoms with Crippen molar-refractivity contribution in [2.45, 2.75) is 13.0 Å². The normalized spacial score (nSPS) is 20.7. The SMILES string of the molecule is COc1ccc(OC)c(C2=NOC3C(=O)N(c4cc(Cl)ccc4C)C(=O)C23)c1. The molecule has 2 aromatic rings. The van der Waals surface area contributed by atoms with Gasteiger partial charge in [0.15, 0.2) is 0 Å². The summed E-state index contributed by atoms with van der Waals surface area (Å²) in [5, 5.41) is 4.46. The summed E-state index contributed by atoms with van der Waals surface area (Å²) < 4.78 is 10.7. The van der Waals surface area contributed by atoms with Gasteiger partial charge in [0.1, 0.15) is 23.1 Å². The van der Waals surface area contributed by atoms with E-state index < -0.39 is 23.8 Å². The summed E-state index contributed by atoms with van der Waals surface area (Å²) in [6, 6.07) is 10.2. The van der Waals surface area contributed by atoms with E-state index in [9.17, 15) is 9.59 Å². The summed E-state index contributed by atoms with van der Waals surface area (Å²) in [5.74, 6) is -0.683. The zero-order chi connectivity index (χ0) is 20.0. The van der Waals surface area contributed by atoms with E-state index in [4.69, 9.17) is 25.9 Å². The van der Waals surface area contributed by atoms with Crippen LogP contribution in [0, 0.1) is 12.8 Å². The van der Waals surface area contributed by atoms with Gasteiger partial charge in [-0.25, -0.2) is 4.90 Å². The van der Waals surface area contributed by atoms with Crippen LogP contribution < -0.4 is 14.4 Å². The van der Waals surface area contributed by atoms with Gasteiger partial charge in [-0.2, -0.15) is 0 Å². The molecule has 1 fully saturated rings. The predicted molar refractivity (Wildman–Crippen MR) is 103 cm³/mol. The molecule has 0 aliphatic carbocycles. The highest BCUT2D eigenvalue weighted by molar-refractivity contribution is 6.34. The number of amides is 2. The van der Waals surface area contributed by atoms with Crippen LogP contribution in [0.2, 0.25) is 5.02 Å². The first-order chi connectivity index (χ1) is 13.5. The van der Waals surface area contributed by atoms with Gasteiger partial charge in [0.25, 0.3) is 5.91 Å². The molecule has 0 aromatic heterocycles. The molecule has 2 atom stereocenters. The molecule has 0 N–H and O–H groups in total. The van der Waals surface area contributed by atoms with E-state index in [1.165, 1.54) is 14.2 Å². The summed E-state index contributed by atoms with van der Waals surface area (Å²) in [6.45, 7) is 1.81. The van der Waals surface area contributed by atoms with Crippen LogP contribution in [0.15, 0.2) is 41.6 Å². The number of benzene rings is 2. The molecule has 2 aliphatic heterocycles. The van der Waals surface area contributed by atoms with Crippen LogP contribution >= 0.6 is 11.6 Å². The molecule has 8 heteroatoms. The molecule has 28 heavy (non-hydrogen) atoms. The van der Waals surface area contributed by atoms with Crippen molar-refractivity contribution < 1.29 is 23.9 Å². The summed E-state index contributed by atoms with van der Waals surface area (Å²) in [6.07, 6.45) is -1.02. The maximum atomic E-state index is 13.2. The molecule has 7 nitrogen and oxygen atoms in total. The average molecular weight is 401 g/mol. The first kappa shape index (κ1) is 18.3. The molecule has 2 heterocycles. The van der Waals surface area contributed by atoms with Gasteiger partial charge in [-0.05, 0) is 42.8 Å². The second-order valence-corrected chi connectivity index (χ2v) is 6.93. The van der Waals surface area contributed by atoms with Crippen LogP contribution in [0.4, 0.5) is 5.69 Å². The Labute approximate surface area is 166 Å². The van der Waals surface area contributed by atoms with E-state index in [-0.39, 0.29) is 0 Å². The molecule has 2 aliphatic rings. The highest BCUT2D eigenvalue weighted by atomic mass is 35.5. The molecule has 1 saturated heterocycles. The number of halogens is 1. The zero-order valence-corrected chi connectivity index (χ0v) is 16.2. The highest BCUT2D eigenvalue weighted by Crippen LogP contribution is 2.39. The molecule has 144 valence electrons. The van der Waals surface area contributed by atoms with Crippen molar-refractivity contribution in [3.63, 3.8) is 0 Å². The van der Waals surface area contributed by atoms with Gasteiger partial charge in [0, 0.05) is 10.6 Å².